The molecule has 3 rings (SSSR count). The summed E-state index contributed by atoms with van der Waals surface area (Å²) in [4.78, 5) is 13.4. The average molecular weight is 398 g/mol. The van der Waals surface area contributed by atoms with Gasteiger partial charge in [-0.05, 0) is 56.6 Å². The minimum absolute atomic E-state index is 0.141. The first-order chi connectivity index (χ1) is 14.0. The summed E-state index contributed by atoms with van der Waals surface area (Å²) in [5, 5.41) is 0. The molecule has 1 aliphatic heterocycles. The van der Waals surface area contributed by atoms with E-state index in [1.807, 2.05) is 0 Å². The van der Waals surface area contributed by atoms with Crippen molar-refractivity contribution in [3.05, 3.63) is 65.7 Å². The quantitative estimate of drug-likeness (QED) is 0.730. The number of hydrogen-bond acceptors (Lipinski definition) is 4. The van der Waals surface area contributed by atoms with E-state index in [0.29, 0.717) is 0 Å². The van der Waals surface area contributed by atoms with Crippen molar-refractivity contribution in [2.75, 3.05) is 45.3 Å². The zero-order valence-electron chi connectivity index (χ0n) is 18.0. The Balaban J connectivity index is 0.000000941. The summed E-state index contributed by atoms with van der Waals surface area (Å²) in [5.41, 5.74) is 8.44. The molecule has 1 unspecified atom stereocenters. The van der Waals surface area contributed by atoms with Gasteiger partial charge in [0, 0.05) is 24.3 Å². The number of nitrogens with zero attached hydrogens (tertiary/aromatic N) is 2. The number of anilines is 1. The SMILES string of the molecule is CCC(Cc1ccccc1)(Cc1ccc(N2CCOCC2)cc1)N(C)C.NC=O. The molecule has 0 aromatic heterocycles. The minimum Gasteiger partial charge on any atom is -0.378 e. The molecule has 5 nitrogen and oxygen atoms in total. The van der Waals surface area contributed by atoms with Crippen LogP contribution in [0.3, 0.4) is 0 Å². The van der Waals surface area contributed by atoms with Crippen LogP contribution in [0.1, 0.15) is 24.5 Å². The molecule has 1 heterocycles. The van der Waals surface area contributed by atoms with E-state index in [4.69, 9.17) is 9.53 Å². The number of rotatable bonds is 7. The van der Waals surface area contributed by atoms with Crippen LogP contribution in [-0.4, -0.2) is 57.2 Å². The lowest BCUT2D eigenvalue weighted by Crippen LogP contribution is -2.47. The van der Waals surface area contributed by atoms with Crippen LogP contribution in [0, 0.1) is 0 Å². The standard InChI is InChI=1S/C23H32N2O.CH3NO/c1-4-23(24(2)3,18-20-8-6-5-7-9-20)19-21-10-12-22(13-11-21)25-14-16-26-17-15-25;2-1-3/h5-13H,4,14-19H2,1-3H3;1H,(H2,2,3). The summed E-state index contributed by atoms with van der Waals surface area (Å²) in [5.74, 6) is 0. The third-order valence-corrected chi connectivity index (χ3v) is 5.83. The number of primary amides is 1. The molecule has 29 heavy (non-hydrogen) atoms. The van der Waals surface area contributed by atoms with Crippen LogP contribution in [0.2, 0.25) is 0 Å². The Morgan fingerprint density at radius 3 is 2.00 bits per heavy atom. The van der Waals surface area contributed by atoms with Gasteiger partial charge < -0.3 is 20.3 Å². The molecule has 1 atom stereocenters. The Morgan fingerprint density at radius 1 is 1.00 bits per heavy atom. The smallest absolute Gasteiger partial charge is 0.204 e. The summed E-state index contributed by atoms with van der Waals surface area (Å²) in [6.45, 7) is 5.95. The normalized spacial score (nSPS) is 15.9. The van der Waals surface area contributed by atoms with Crippen LogP contribution in [0.4, 0.5) is 5.69 Å². The molecule has 1 fully saturated rings. The molecule has 2 N–H and O–H groups in total. The van der Waals surface area contributed by atoms with Crippen molar-refractivity contribution in [1.82, 2.24) is 4.90 Å². The van der Waals surface area contributed by atoms with E-state index in [-0.39, 0.29) is 11.9 Å². The molecule has 0 saturated carbocycles. The molecule has 0 aliphatic carbocycles. The maximum Gasteiger partial charge on any atom is 0.204 e. The molecular weight excluding hydrogens is 362 g/mol. The molecule has 1 saturated heterocycles. The molecule has 5 heteroatoms. The van der Waals surface area contributed by atoms with Gasteiger partial charge in [0.25, 0.3) is 0 Å². The summed E-state index contributed by atoms with van der Waals surface area (Å²) in [7, 11) is 4.43. The van der Waals surface area contributed by atoms with Crippen molar-refractivity contribution in [3.8, 4) is 0 Å². The Hall–Kier alpha value is -2.37. The first-order valence-electron chi connectivity index (χ1n) is 10.3. The van der Waals surface area contributed by atoms with Gasteiger partial charge in [-0.2, -0.15) is 0 Å². The predicted molar refractivity (Wildman–Crippen MR) is 120 cm³/mol. The molecule has 0 spiro atoms. The van der Waals surface area contributed by atoms with E-state index in [1.54, 1.807) is 0 Å². The van der Waals surface area contributed by atoms with Gasteiger partial charge in [0.2, 0.25) is 6.41 Å². The van der Waals surface area contributed by atoms with Gasteiger partial charge >= 0.3 is 0 Å². The maximum absolute atomic E-state index is 8.58. The molecular formula is C24H35N3O2. The highest BCUT2D eigenvalue weighted by molar-refractivity contribution is 5.48. The Labute approximate surface area is 175 Å². The lowest BCUT2D eigenvalue weighted by Gasteiger charge is -2.40. The molecule has 0 radical (unpaired) electrons. The van der Waals surface area contributed by atoms with Gasteiger partial charge in [0.1, 0.15) is 0 Å². The first kappa shape index (κ1) is 22.9. The second kappa shape index (κ2) is 11.6. The van der Waals surface area contributed by atoms with Gasteiger partial charge in [0.05, 0.1) is 13.2 Å². The molecule has 158 valence electrons. The van der Waals surface area contributed by atoms with Gasteiger partial charge in [-0.3, -0.25) is 4.79 Å². The summed E-state index contributed by atoms with van der Waals surface area (Å²) in [6, 6.07) is 20.0. The lowest BCUT2D eigenvalue weighted by atomic mass is 9.81. The van der Waals surface area contributed by atoms with Crippen LogP contribution < -0.4 is 10.6 Å². The largest absolute Gasteiger partial charge is 0.378 e. The fraction of sp³-hybridized carbons (Fsp3) is 0.458. The third kappa shape index (κ3) is 6.58. The van der Waals surface area contributed by atoms with Gasteiger partial charge in [-0.25, -0.2) is 0 Å². The molecule has 1 aliphatic rings. The first-order valence-corrected chi connectivity index (χ1v) is 10.3. The molecule has 2 aromatic rings. The van der Waals surface area contributed by atoms with Crippen LogP contribution in [0.25, 0.3) is 0 Å². The highest BCUT2D eigenvalue weighted by atomic mass is 16.5. The van der Waals surface area contributed by atoms with E-state index in [1.165, 1.54) is 16.8 Å². The van der Waals surface area contributed by atoms with E-state index < -0.39 is 0 Å². The summed E-state index contributed by atoms with van der Waals surface area (Å²) >= 11 is 0. The Bertz CT molecular complexity index is 713. The fourth-order valence-electron chi connectivity index (χ4n) is 3.95. The number of likely N-dealkylation sites (N-methyl/N-ethyl adjacent to an activating group) is 1. The second-order valence-corrected chi connectivity index (χ2v) is 7.71. The predicted octanol–water partition coefficient (Wildman–Crippen LogP) is 3.12. The maximum atomic E-state index is 8.58. The number of ether oxygens (including phenoxy) is 1. The molecule has 1 amide bonds. The second-order valence-electron chi connectivity index (χ2n) is 7.71. The summed E-state index contributed by atoms with van der Waals surface area (Å²) in [6.07, 6.45) is 3.51. The topological polar surface area (TPSA) is 58.8 Å². The van der Waals surface area contributed by atoms with Crippen molar-refractivity contribution in [2.24, 2.45) is 5.73 Å². The van der Waals surface area contributed by atoms with Gasteiger partial charge in [0.15, 0.2) is 0 Å². The van der Waals surface area contributed by atoms with E-state index >= 15 is 0 Å². The van der Waals surface area contributed by atoms with Crippen LogP contribution >= 0.6 is 0 Å². The van der Waals surface area contributed by atoms with Crippen molar-refractivity contribution < 1.29 is 9.53 Å². The van der Waals surface area contributed by atoms with Crippen molar-refractivity contribution in [3.63, 3.8) is 0 Å². The number of carbonyl (C=O) groups is 1. The number of hydrogen-bond donors (Lipinski definition) is 1. The number of nitrogens with two attached hydrogens (primary N) is 1. The van der Waals surface area contributed by atoms with Gasteiger partial charge in [-0.1, -0.05) is 49.4 Å². The van der Waals surface area contributed by atoms with Crippen molar-refractivity contribution >= 4 is 12.1 Å². The van der Waals surface area contributed by atoms with E-state index in [0.717, 1.165) is 45.6 Å². The van der Waals surface area contributed by atoms with Crippen molar-refractivity contribution in [1.29, 1.82) is 0 Å². The van der Waals surface area contributed by atoms with E-state index in [2.05, 4.69) is 91.1 Å². The van der Waals surface area contributed by atoms with Crippen LogP contribution in [-0.2, 0) is 22.4 Å². The highest BCUT2D eigenvalue weighted by Gasteiger charge is 2.31. The Kier molecular flexibility index (Phi) is 9.16. The van der Waals surface area contributed by atoms with Crippen LogP contribution in [0.5, 0.6) is 0 Å². The number of amides is 1. The Morgan fingerprint density at radius 2 is 1.52 bits per heavy atom. The number of morpholine rings is 1. The zero-order chi connectivity index (χ0) is 21.1. The highest BCUT2D eigenvalue weighted by Crippen LogP contribution is 2.28. The number of benzene rings is 2. The third-order valence-electron chi connectivity index (χ3n) is 5.83. The van der Waals surface area contributed by atoms with Crippen LogP contribution in [0.15, 0.2) is 54.6 Å². The van der Waals surface area contributed by atoms with E-state index in [9.17, 15) is 0 Å². The average Bonchev–Trinajstić information content (AvgIpc) is 2.75. The minimum atomic E-state index is 0.141. The molecule has 0 bridgehead atoms. The summed E-state index contributed by atoms with van der Waals surface area (Å²) < 4.78 is 5.46. The number of carbonyl (C=O) groups excluding carboxylic acids is 1. The monoisotopic (exact) mass is 397 g/mol. The zero-order valence-corrected chi connectivity index (χ0v) is 18.0. The van der Waals surface area contributed by atoms with Crippen molar-refractivity contribution in [2.45, 2.75) is 31.7 Å². The van der Waals surface area contributed by atoms with Gasteiger partial charge in [-0.15, -0.1) is 0 Å². The lowest BCUT2D eigenvalue weighted by molar-refractivity contribution is -0.106. The fourth-order valence-corrected chi connectivity index (χ4v) is 3.95. The molecule has 2 aromatic carbocycles.